The number of methoxy groups -OCH3 is 1. The zero-order chi connectivity index (χ0) is 16.6. The van der Waals surface area contributed by atoms with Crippen molar-refractivity contribution in [2.24, 2.45) is 5.73 Å². The molecule has 0 saturated carbocycles. The maximum Gasteiger partial charge on any atom is 0.251 e. The first-order chi connectivity index (χ1) is 10.3. The Bertz CT molecular complexity index is 727. The topological polar surface area (TPSA) is 57.2 Å². The third-order valence-electron chi connectivity index (χ3n) is 4.14. The van der Waals surface area contributed by atoms with Crippen LogP contribution >= 0.6 is 0 Å². The molecule has 22 heavy (non-hydrogen) atoms. The second-order valence-corrected chi connectivity index (χ2v) is 5.93. The Balaban J connectivity index is 2.77. The molecule has 0 radical (unpaired) electrons. The van der Waals surface area contributed by atoms with Crippen molar-refractivity contribution < 1.29 is 9.53 Å². The van der Waals surface area contributed by atoms with Gasteiger partial charge in [-0.3, -0.25) is 4.79 Å². The van der Waals surface area contributed by atoms with Crippen molar-refractivity contribution >= 4 is 5.91 Å². The minimum atomic E-state index is -0.386. The molecule has 0 unspecified atom stereocenters. The molecule has 0 aliphatic heterocycles. The Labute approximate surface area is 131 Å². The number of ether oxygens (including phenoxy) is 1. The van der Waals surface area contributed by atoms with Crippen LogP contribution in [-0.4, -0.2) is 17.6 Å². The van der Waals surface area contributed by atoms with Gasteiger partial charge in [0.15, 0.2) is 0 Å². The van der Waals surface area contributed by atoms with Crippen LogP contribution in [0.5, 0.6) is 5.75 Å². The van der Waals surface area contributed by atoms with Crippen molar-refractivity contribution in [3.05, 3.63) is 40.7 Å². The number of rotatable bonds is 4. The lowest BCUT2D eigenvalue weighted by Gasteiger charge is -2.14. The van der Waals surface area contributed by atoms with E-state index in [-0.39, 0.29) is 11.9 Å². The van der Waals surface area contributed by atoms with Crippen LogP contribution < -0.4 is 10.5 Å². The van der Waals surface area contributed by atoms with Gasteiger partial charge in [-0.2, -0.15) is 0 Å². The second-order valence-electron chi connectivity index (χ2n) is 5.93. The number of benzene rings is 1. The van der Waals surface area contributed by atoms with Crippen LogP contribution in [0.2, 0.25) is 0 Å². The maximum absolute atomic E-state index is 12.0. The number of carbonyl (C=O) groups excluding carboxylic acids is 1. The monoisotopic (exact) mass is 300 g/mol. The van der Waals surface area contributed by atoms with Gasteiger partial charge < -0.3 is 15.0 Å². The zero-order valence-corrected chi connectivity index (χ0v) is 14.2. The number of primary amides is 1. The molecule has 1 aromatic carbocycles. The number of nitrogens with two attached hydrogens (primary N) is 1. The van der Waals surface area contributed by atoms with E-state index in [9.17, 15) is 4.79 Å². The molecule has 0 fully saturated rings. The van der Waals surface area contributed by atoms with E-state index in [0.29, 0.717) is 5.56 Å². The van der Waals surface area contributed by atoms with Crippen LogP contribution in [0.15, 0.2) is 18.2 Å². The second kappa shape index (κ2) is 5.87. The summed E-state index contributed by atoms with van der Waals surface area (Å²) in [5.41, 5.74) is 11.2. The van der Waals surface area contributed by atoms with Crippen LogP contribution in [0.1, 0.15) is 47.2 Å². The molecule has 2 rings (SSSR count). The SMILES string of the molecule is COc1ccc(-c2c(C(N)=O)c(C)n(C(C)C)c2C)cc1C. The summed E-state index contributed by atoms with van der Waals surface area (Å²) < 4.78 is 7.48. The van der Waals surface area contributed by atoms with Crippen LogP contribution in [0, 0.1) is 20.8 Å². The van der Waals surface area contributed by atoms with Gasteiger partial charge in [-0.25, -0.2) is 0 Å². The molecule has 4 nitrogen and oxygen atoms in total. The zero-order valence-electron chi connectivity index (χ0n) is 14.2. The highest BCUT2D eigenvalue weighted by molar-refractivity contribution is 6.02. The van der Waals surface area contributed by atoms with E-state index < -0.39 is 0 Å². The molecule has 0 atom stereocenters. The summed E-state index contributed by atoms with van der Waals surface area (Å²) in [6.45, 7) is 10.2. The predicted molar refractivity (Wildman–Crippen MR) is 89.5 cm³/mol. The first-order valence-electron chi connectivity index (χ1n) is 7.45. The lowest BCUT2D eigenvalue weighted by molar-refractivity contribution is 0.1000. The van der Waals surface area contributed by atoms with Gasteiger partial charge in [-0.05, 0) is 57.9 Å². The fourth-order valence-corrected chi connectivity index (χ4v) is 3.32. The molecule has 0 aliphatic carbocycles. The average Bonchev–Trinajstić information content (AvgIpc) is 2.69. The number of carbonyl (C=O) groups is 1. The van der Waals surface area contributed by atoms with Crippen molar-refractivity contribution in [2.75, 3.05) is 7.11 Å². The standard InChI is InChI=1S/C18H24N2O2/c1-10(2)20-12(4)16(17(13(20)5)18(19)21)14-7-8-15(22-6)11(3)9-14/h7-10H,1-6H3,(H2,19,21). The summed E-state index contributed by atoms with van der Waals surface area (Å²) in [6.07, 6.45) is 0. The fourth-order valence-electron chi connectivity index (χ4n) is 3.32. The average molecular weight is 300 g/mol. The van der Waals surface area contributed by atoms with Gasteiger partial charge in [0.2, 0.25) is 0 Å². The molecule has 1 heterocycles. The Kier molecular flexibility index (Phi) is 4.31. The highest BCUT2D eigenvalue weighted by Gasteiger charge is 2.23. The minimum absolute atomic E-state index is 0.270. The Morgan fingerprint density at radius 2 is 1.82 bits per heavy atom. The van der Waals surface area contributed by atoms with Crippen LogP contribution in [0.25, 0.3) is 11.1 Å². The summed E-state index contributed by atoms with van der Waals surface area (Å²) in [5.74, 6) is 0.450. The molecule has 1 amide bonds. The van der Waals surface area contributed by atoms with Crippen molar-refractivity contribution in [3.8, 4) is 16.9 Å². The van der Waals surface area contributed by atoms with E-state index in [4.69, 9.17) is 10.5 Å². The molecule has 0 spiro atoms. The normalized spacial score (nSPS) is 11.0. The Hall–Kier alpha value is -2.23. The van der Waals surface area contributed by atoms with Crippen molar-refractivity contribution in [1.29, 1.82) is 0 Å². The molecule has 4 heteroatoms. The third kappa shape index (κ3) is 2.49. The summed E-state index contributed by atoms with van der Waals surface area (Å²) in [5, 5.41) is 0. The largest absolute Gasteiger partial charge is 0.496 e. The molecule has 2 aromatic rings. The Morgan fingerprint density at radius 1 is 1.18 bits per heavy atom. The third-order valence-corrected chi connectivity index (χ3v) is 4.14. The van der Waals surface area contributed by atoms with Crippen LogP contribution in [-0.2, 0) is 0 Å². The number of amides is 1. The highest BCUT2D eigenvalue weighted by atomic mass is 16.5. The molecular weight excluding hydrogens is 276 g/mol. The molecule has 1 aromatic heterocycles. The van der Waals surface area contributed by atoms with E-state index in [1.165, 1.54) is 0 Å². The lowest BCUT2D eigenvalue weighted by atomic mass is 9.98. The molecule has 118 valence electrons. The van der Waals surface area contributed by atoms with Gasteiger partial charge in [-0.15, -0.1) is 0 Å². The first-order valence-corrected chi connectivity index (χ1v) is 7.45. The van der Waals surface area contributed by atoms with E-state index in [1.807, 2.05) is 39.0 Å². The first kappa shape index (κ1) is 16.1. The lowest BCUT2D eigenvalue weighted by Crippen LogP contribution is -2.14. The van der Waals surface area contributed by atoms with Gasteiger partial charge in [0.05, 0.1) is 12.7 Å². The maximum atomic E-state index is 12.0. The van der Waals surface area contributed by atoms with Gasteiger partial charge in [0.1, 0.15) is 5.75 Å². The quantitative estimate of drug-likeness (QED) is 0.934. The van der Waals surface area contributed by atoms with Gasteiger partial charge in [0, 0.05) is 23.0 Å². The van der Waals surface area contributed by atoms with Crippen LogP contribution in [0.3, 0.4) is 0 Å². The van der Waals surface area contributed by atoms with E-state index in [2.05, 4.69) is 18.4 Å². The number of nitrogens with zero attached hydrogens (tertiary/aromatic N) is 1. The highest BCUT2D eigenvalue weighted by Crippen LogP contribution is 2.35. The summed E-state index contributed by atoms with van der Waals surface area (Å²) in [6, 6.07) is 6.21. The van der Waals surface area contributed by atoms with E-state index in [1.54, 1.807) is 7.11 Å². The van der Waals surface area contributed by atoms with Gasteiger partial charge >= 0.3 is 0 Å². The van der Waals surface area contributed by atoms with Gasteiger partial charge in [0.25, 0.3) is 5.91 Å². The summed E-state index contributed by atoms with van der Waals surface area (Å²) in [7, 11) is 1.65. The fraction of sp³-hybridized carbons (Fsp3) is 0.389. The number of hydrogen-bond donors (Lipinski definition) is 1. The molecular formula is C18H24N2O2. The molecule has 0 saturated heterocycles. The molecule has 2 N–H and O–H groups in total. The van der Waals surface area contributed by atoms with Gasteiger partial charge in [-0.1, -0.05) is 6.07 Å². The number of aryl methyl sites for hydroxylation is 1. The van der Waals surface area contributed by atoms with Crippen molar-refractivity contribution in [3.63, 3.8) is 0 Å². The predicted octanol–water partition coefficient (Wildman–Crippen LogP) is 3.77. The minimum Gasteiger partial charge on any atom is -0.496 e. The Morgan fingerprint density at radius 3 is 2.27 bits per heavy atom. The summed E-state index contributed by atoms with van der Waals surface area (Å²) in [4.78, 5) is 12.0. The van der Waals surface area contributed by atoms with Crippen molar-refractivity contribution in [1.82, 2.24) is 4.57 Å². The van der Waals surface area contributed by atoms with E-state index >= 15 is 0 Å². The van der Waals surface area contributed by atoms with E-state index in [0.717, 1.165) is 33.8 Å². The number of aromatic nitrogens is 1. The smallest absolute Gasteiger partial charge is 0.251 e. The summed E-state index contributed by atoms with van der Waals surface area (Å²) >= 11 is 0. The molecule has 0 bridgehead atoms. The molecule has 0 aliphatic rings. The van der Waals surface area contributed by atoms with Crippen molar-refractivity contribution in [2.45, 2.75) is 40.7 Å². The number of hydrogen-bond acceptors (Lipinski definition) is 2. The van der Waals surface area contributed by atoms with Crippen LogP contribution in [0.4, 0.5) is 0 Å².